The van der Waals surface area contributed by atoms with E-state index in [0.717, 1.165) is 0 Å². The van der Waals surface area contributed by atoms with Crippen molar-refractivity contribution in [1.29, 1.82) is 0 Å². The molecule has 0 aliphatic rings. The van der Waals surface area contributed by atoms with Crippen LogP contribution in [0.25, 0.3) is 6.08 Å². The van der Waals surface area contributed by atoms with Crippen molar-refractivity contribution in [3.63, 3.8) is 0 Å². The number of nitrogens with one attached hydrogen (secondary N) is 1. The number of benzene rings is 1. The van der Waals surface area contributed by atoms with E-state index in [1.807, 2.05) is 0 Å². The highest BCUT2D eigenvalue weighted by molar-refractivity contribution is 5.94. The van der Waals surface area contributed by atoms with Crippen molar-refractivity contribution in [1.82, 2.24) is 5.32 Å². The fraction of sp³-hybridized carbons (Fsp3) is 0.231. The summed E-state index contributed by atoms with van der Waals surface area (Å²) in [6.45, 7) is -0.321. The van der Waals surface area contributed by atoms with E-state index >= 15 is 0 Å². The quantitative estimate of drug-likeness (QED) is 0.555. The summed E-state index contributed by atoms with van der Waals surface area (Å²) in [5.74, 6) is -1.63. The molecular formula is C13H15NO5. The van der Waals surface area contributed by atoms with Crippen LogP contribution in [-0.2, 0) is 9.59 Å². The van der Waals surface area contributed by atoms with E-state index in [9.17, 15) is 9.59 Å². The predicted octanol–water partition coefficient (Wildman–Crippen LogP) is 0.357. The number of aromatic hydroxyl groups is 1. The maximum Gasteiger partial charge on any atom is 0.326 e. The average molecular weight is 265 g/mol. The van der Waals surface area contributed by atoms with Gasteiger partial charge in [0.2, 0.25) is 5.91 Å². The molecule has 6 nitrogen and oxygen atoms in total. The van der Waals surface area contributed by atoms with Crippen LogP contribution >= 0.6 is 0 Å². The largest absolute Gasteiger partial charge is 0.508 e. The lowest BCUT2D eigenvalue weighted by Crippen LogP contribution is -2.40. The molecule has 1 rings (SSSR count). The van der Waals surface area contributed by atoms with Gasteiger partial charge in [-0.1, -0.05) is 12.1 Å². The number of phenolic OH excluding ortho intramolecular Hbond substituents is 1. The first-order valence-corrected chi connectivity index (χ1v) is 5.64. The van der Waals surface area contributed by atoms with Gasteiger partial charge in [0.25, 0.3) is 0 Å². The predicted molar refractivity (Wildman–Crippen MR) is 68.4 cm³/mol. The van der Waals surface area contributed by atoms with Crippen molar-refractivity contribution in [2.24, 2.45) is 0 Å². The van der Waals surface area contributed by atoms with Crippen molar-refractivity contribution in [3.8, 4) is 5.75 Å². The standard InChI is InChI=1S/C13H15NO5/c15-8-7-11(13(18)19)14-12(17)6-3-9-1-4-10(16)5-2-9/h1-6,11,15-16H,7-8H2,(H,14,17)(H,18,19)/b6-3+. The summed E-state index contributed by atoms with van der Waals surface area (Å²) in [4.78, 5) is 22.2. The topological polar surface area (TPSA) is 107 Å². The van der Waals surface area contributed by atoms with Crippen LogP contribution in [0.2, 0.25) is 0 Å². The number of amides is 1. The summed E-state index contributed by atoms with van der Waals surface area (Å²) in [6, 6.07) is 5.07. The average Bonchev–Trinajstić information content (AvgIpc) is 2.37. The summed E-state index contributed by atoms with van der Waals surface area (Å²) < 4.78 is 0. The molecule has 0 radical (unpaired) electrons. The number of carbonyl (C=O) groups excluding carboxylic acids is 1. The number of phenols is 1. The molecular weight excluding hydrogens is 250 g/mol. The van der Waals surface area contributed by atoms with Gasteiger partial charge in [0.1, 0.15) is 11.8 Å². The van der Waals surface area contributed by atoms with Gasteiger partial charge in [0.15, 0.2) is 0 Å². The number of carbonyl (C=O) groups is 2. The van der Waals surface area contributed by atoms with Crippen LogP contribution in [0.5, 0.6) is 5.75 Å². The van der Waals surface area contributed by atoms with E-state index in [1.165, 1.54) is 24.3 Å². The fourth-order valence-corrected chi connectivity index (χ4v) is 1.36. The van der Waals surface area contributed by atoms with E-state index < -0.39 is 17.9 Å². The molecule has 0 fully saturated rings. The van der Waals surface area contributed by atoms with E-state index in [4.69, 9.17) is 15.3 Å². The molecule has 1 aromatic carbocycles. The van der Waals surface area contributed by atoms with Gasteiger partial charge in [-0.3, -0.25) is 4.79 Å². The third kappa shape index (κ3) is 5.22. The van der Waals surface area contributed by atoms with Crippen LogP contribution < -0.4 is 5.32 Å². The molecule has 0 saturated carbocycles. The molecule has 1 amide bonds. The number of hydrogen-bond donors (Lipinski definition) is 4. The fourth-order valence-electron chi connectivity index (χ4n) is 1.36. The van der Waals surface area contributed by atoms with Gasteiger partial charge in [0.05, 0.1) is 0 Å². The summed E-state index contributed by atoms with van der Waals surface area (Å²) in [5.41, 5.74) is 0.696. The lowest BCUT2D eigenvalue weighted by Gasteiger charge is -2.11. The van der Waals surface area contributed by atoms with Crippen molar-refractivity contribution in [2.45, 2.75) is 12.5 Å². The molecule has 0 aliphatic heterocycles. The minimum absolute atomic E-state index is 0.0475. The second-order valence-electron chi connectivity index (χ2n) is 3.84. The third-order valence-corrected chi connectivity index (χ3v) is 2.35. The smallest absolute Gasteiger partial charge is 0.326 e. The van der Waals surface area contributed by atoms with Crippen molar-refractivity contribution >= 4 is 18.0 Å². The Morgan fingerprint density at radius 3 is 2.42 bits per heavy atom. The zero-order chi connectivity index (χ0) is 14.3. The highest BCUT2D eigenvalue weighted by atomic mass is 16.4. The van der Waals surface area contributed by atoms with Gasteiger partial charge < -0.3 is 20.6 Å². The monoisotopic (exact) mass is 265 g/mol. The molecule has 0 spiro atoms. The number of aliphatic hydroxyl groups excluding tert-OH is 1. The minimum atomic E-state index is -1.19. The number of hydrogen-bond acceptors (Lipinski definition) is 4. The summed E-state index contributed by atoms with van der Waals surface area (Å²) in [7, 11) is 0. The summed E-state index contributed by atoms with van der Waals surface area (Å²) in [5, 5.41) is 28.8. The number of carboxylic acid groups (broad SMARTS) is 1. The van der Waals surface area contributed by atoms with Gasteiger partial charge in [-0.2, -0.15) is 0 Å². The minimum Gasteiger partial charge on any atom is -0.508 e. The van der Waals surface area contributed by atoms with E-state index in [2.05, 4.69) is 5.32 Å². The van der Waals surface area contributed by atoms with Gasteiger partial charge in [-0.05, 0) is 23.8 Å². The molecule has 0 bridgehead atoms. The first kappa shape index (κ1) is 14.7. The van der Waals surface area contributed by atoms with Gasteiger partial charge >= 0.3 is 5.97 Å². The van der Waals surface area contributed by atoms with Crippen molar-refractivity contribution in [3.05, 3.63) is 35.9 Å². The van der Waals surface area contributed by atoms with Crippen LogP contribution in [0.15, 0.2) is 30.3 Å². The summed E-state index contributed by atoms with van der Waals surface area (Å²) in [6.07, 6.45) is 2.64. The van der Waals surface area contributed by atoms with Crippen LogP contribution in [-0.4, -0.2) is 39.8 Å². The van der Waals surface area contributed by atoms with Gasteiger partial charge in [0, 0.05) is 19.1 Å². The Morgan fingerprint density at radius 1 is 1.26 bits per heavy atom. The highest BCUT2D eigenvalue weighted by Gasteiger charge is 2.17. The molecule has 6 heteroatoms. The summed E-state index contributed by atoms with van der Waals surface area (Å²) >= 11 is 0. The van der Waals surface area contributed by atoms with Crippen molar-refractivity contribution in [2.75, 3.05) is 6.61 Å². The molecule has 4 N–H and O–H groups in total. The molecule has 0 heterocycles. The first-order chi connectivity index (χ1) is 9.02. The molecule has 1 aromatic rings. The Bertz CT molecular complexity index is 466. The van der Waals surface area contributed by atoms with Crippen molar-refractivity contribution < 1.29 is 24.9 Å². The Hall–Kier alpha value is -2.34. The van der Waals surface area contributed by atoms with Gasteiger partial charge in [-0.15, -0.1) is 0 Å². The van der Waals surface area contributed by atoms with Gasteiger partial charge in [-0.25, -0.2) is 4.79 Å². The second kappa shape index (κ2) is 7.17. The maximum absolute atomic E-state index is 11.5. The van der Waals surface area contributed by atoms with Crippen LogP contribution in [0.1, 0.15) is 12.0 Å². The second-order valence-corrected chi connectivity index (χ2v) is 3.84. The van der Waals surface area contributed by atoms with Crippen LogP contribution in [0, 0.1) is 0 Å². The third-order valence-electron chi connectivity index (χ3n) is 2.35. The van der Waals surface area contributed by atoms with E-state index in [0.29, 0.717) is 5.56 Å². The lowest BCUT2D eigenvalue weighted by molar-refractivity contribution is -0.141. The van der Waals surface area contributed by atoms with E-state index in [1.54, 1.807) is 12.1 Å². The Morgan fingerprint density at radius 2 is 1.89 bits per heavy atom. The normalized spacial score (nSPS) is 12.3. The SMILES string of the molecule is O=C(/C=C/c1ccc(O)cc1)NC(CCO)C(=O)O. The van der Waals surface area contributed by atoms with Crippen LogP contribution in [0.3, 0.4) is 0 Å². The molecule has 1 atom stereocenters. The number of aliphatic carboxylic acids is 1. The zero-order valence-corrected chi connectivity index (χ0v) is 10.1. The lowest BCUT2D eigenvalue weighted by atomic mass is 10.2. The molecule has 0 aliphatic carbocycles. The highest BCUT2D eigenvalue weighted by Crippen LogP contribution is 2.10. The Labute approximate surface area is 110 Å². The maximum atomic E-state index is 11.5. The number of rotatable bonds is 6. The number of aliphatic hydroxyl groups is 1. The zero-order valence-electron chi connectivity index (χ0n) is 10.1. The number of carboxylic acids is 1. The molecule has 19 heavy (non-hydrogen) atoms. The molecule has 0 aromatic heterocycles. The van der Waals surface area contributed by atoms with Crippen LogP contribution in [0.4, 0.5) is 0 Å². The molecule has 1 unspecified atom stereocenters. The van der Waals surface area contributed by atoms with E-state index in [-0.39, 0.29) is 18.8 Å². The Kier molecular flexibility index (Phi) is 5.56. The Balaban J connectivity index is 2.58. The first-order valence-electron chi connectivity index (χ1n) is 5.64. The molecule has 0 saturated heterocycles. The molecule has 102 valence electrons.